The standard InChI is InChI=1S/C21H23F3N2O/c1-16-5-2-3-6-19(16)20(27)26-12-4-11-25(13-14-26)15-17-7-9-18(10-8-17)21(22,23)24/h2-3,5-10H,4,11-15H2,1H3. The lowest BCUT2D eigenvalue weighted by Crippen LogP contribution is -2.35. The first-order chi connectivity index (χ1) is 12.8. The third kappa shape index (κ3) is 4.89. The van der Waals surface area contributed by atoms with Crippen LogP contribution in [-0.4, -0.2) is 41.9 Å². The van der Waals surface area contributed by atoms with Crippen molar-refractivity contribution in [3.8, 4) is 0 Å². The van der Waals surface area contributed by atoms with Crippen LogP contribution in [0, 0.1) is 6.92 Å². The van der Waals surface area contributed by atoms with Gasteiger partial charge in [0.05, 0.1) is 5.56 Å². The van der Waals surface area contributed by atoms with Crippen LogP contribution in [0.4, 0.5) is 13.2 Å². The SMILES string of the molecule is Cc1ccccc1C(=O)N1CCCN(Cc2ccc(C(F)(F)F)cc2)CC1. The molecule has 0 atom stereocenters. The normalized spacial score (nSPS) is 16.2. The summed E-state index contributed by atoms with van der Waals surface area (Å²) in [5.74, 6) is 0.0458. The predicted molar refractivity (Wildman–Crippen MR) is 98.4 cm³/mol. The number of hydrogen-bond donors (Lipinski definition) is 0. The Morgan fingerprint density at radius 3 is 2.33 bits per heavy atom. The number of alkyl halides is 3. The van der Waals surface area contributed by atoms with Crippen molar-refractivity contribution in [3.05, 3.63) is 70.8 Å². The second-order valence-corrected chi connectivity index (χ2v) is 6.93. The maximum atomic E-state index is 12.8. The summed E-state index contributed by atoms with van der Waals surface area (Å²) in [7, 11) is 0. The van der Waals surface area contributed by atoms with E-state index in [-0.39, 0.29) is 5.91 Å². The highest BCUT2D eigenvalue weighted by Gasteiger charge is 2.30. The van der Waals surface area contributed by atoms with Crippen molar-refractivity contribution in [2.75, 3.05) is 26.2 Å². The van der Waals surface area contributed by atoms with Gasteiger partial charge in [0.15, 0.2) is 0 Å². The quantitative estimate of drug-likeness (QED) is 0.795. The number of rotatable bonds is 3. The Labute approximate surface area is 157 Å². The first-order valence-electron chi connectivity index (χ1n) is 9.08. The molecule has 6 heteroatoms. The van der Waals surface area contributed by atoms with E-state index in [4.69, 9.17) is 0 Å². The van der Waals surface area contributed by atoms with Crippen LogP contribution in [0.25, 0.3) is 0 Å². The lowest BCUT2D eigenvalue weighted by atomic mass is 10.1. The lowest BCUT2D eigenvalue weighted by Gasteiger charge is -2.23. The molecule has 0 saturated carbocycles. The Bertz CT molecular complexity index is 787. The monoisotopic (exact) mass is 376 g/mol. The smallest absolute Gasteiger partial charge is 0.337 e. The molecule has 3 rings (SSSR count). The first-order valence-corrected chi connectivity index (χ1v) is 9.08. The van der Waals surface area contributed by atoms with Crippen LogP contribution in [0.1, 0.15) is 33.5 Å². The summed E-state index contributed by atoms with van der Waals surface area (Å²) < 4.78 is 38.0. The summed E-state index contributed by atoms with van der Waals surface area (Å²) in [6.07, 6.45) is -3.46. The molecule has 1 heterocycles. The molecule has 1 aliphatic heterocycles. The zero-order valence-corrected chi connectivity index (χ0v) is 15.3. The maximum Gasteiger partial charge on any atom is 0.416 e. The molecule has 0 unspecified atom stereocenters. The van der Waals surface area contributed by atoms with Gasteiger partial charge in [-0.3, -0.25) is 9.69 Å². The molecule has 1 fully saturated rings. The zero-order chi connectivity index (χ0) is 19.4. The van der Waals surface area contributed by atoms with Crippen molar-refractivity contribution < 1.29 is 18.0 Å². The molecular weight excluding hydrogens is 353 g/mol. The minimum Gasteiger partial charge on any atom is -0.337 e. The Kier molecular flexibility index (Phi) is 5.85. The molecule has 1 amide bonds. The van der Waals surface area contributed by atoms with Crippen molar-refractivity contribution >= 4 is 5.91 Å². The van der Waals surface area contributed by atoms with Crippen molar-refractivity contribution in [2.24, 2.45) is 0 Å². The van der Waals surface area contributed by atoms with E-state index in [9.17, 15) is 18.0 Å². The second-order valence-electron chi connectivity index (χ2n) is 6.93. The topological polar surface area (TPSA) is 23.6 Å². The Balaban J connectivity index is 1.60. The molecule has 1 aliphatic rings. The largest absolute Gasteiger partial charge is 0.416 e. The summed E-state index contributed by atoms with van der Waals surface area (Å²) in [5, 5.41) is 0. The van der Waals surface area contributed by atoms with E-state index in [1.165, 1.54) is 12.1 Å². The minimum atomic E-state index is -4.31. The number of halogens is 3. The average molecular weight is 376 g/mol. The van der Waals surface area contributed by atoms with Crippen molar-refractivity contribution in [1.29, 1.82) is 0 Å². The number of carbonyl (C=O) groups excluding carboxylic acids is 1. The number of hydrogen-bond acceptors (Lipinski definition) is 2. The third-order valence-corrected chi connectivity index (χ3v) is 4.94. The summed E-state index contributed by atoms with van der Waals surface area (Å²) in [5.41, 5.74) is 1.92. The molecule has 0 radical (unpaired) electrons. The molecule has 0 bridgehead atoms. The molecule has 2 aromatic carbocycles. The fourth-order valence-corrected chi connectivity index (χ4v) is 3.37. The molecule has 0 aliphatic carbocycles. The number of benzene rings is 2. The first kappa shape index (κ1) is 19.4. The number of nitrogens with zero attached hydrogens (tertiary/aromatic N) is 2. The van der Waals surface area contributed by atoms with Gasteiger partial charge < -0.3 is 4.90 Å². The van der Waals surface area contributed by atoms with Gasteiger partial charge in [-0.25, -0.2) is 0 Å². The van der Waals surface area contributed by atoms with E-state index >= 15 is 0 Å². The molecule has 144 valence electrons. The van der Waals surface area contributed by atoms with Crippen LogP contribution in [0.5, 0.6) is 0 Å². The van der Waals surface area contributed by atoms with Crippen LogP contribution in [0.15, 0.2) is 48.5 Å². The molecule has 3 nitrogen and oxygen atoms in total. The Morgan fingerprint density at radius 1 is 0.963 bits per heavy atom. The lowest BCUT2D eigenvalue weighted by molar-refractivity contribution is -0.137. The van der Waals surface area contributed by atoms with E-state index in [2.05, 4.69) is 4.90 Å². The summed E-state index contributed by atoms with van der Waals surface area (Å²) in [4.78, 5) is 16.8. The highest BCUT2D eigenvalue weighted by molar-refractivity contribution is 5.95. The summed E-state index contributed by atoms with van der Waals surface area (Å²) >= 11 is 0. The number of carbonyl (C=O) groups is 1. The van der Waals surface area contributed by atoms with Crippen LogP contribution in [0.3, 0.4) is 0 Å². The van der Waals surface area contributed by atoms with Crippen LogP contribution in [-0.2, 0) is 12.7 Å². The third-order valence-electron chi connectivity index (χ3n) is 4.94. The number of amides is 1. The van der Waals surface area contributed by atoms with E-state index < -0.39 is 11.7 Å². The fourth-order valence-electron chi connectivity index (χ4n) is 3.37. The average Bonchev–Trinajstić information content (AvgIpc) is 2.87. The van der Waals surface area contributed by atoms with Gasteiger partial charge in [-0.1, -0.05) is 30.3 Å². The molecule has 1 saturated heterocycles. The molecule has 27 heavy (non-hydrogen) atoms. The highest BCUT2D eigenvalue weighted by Crippen LogP contribution is 2.29. The molecule has 0 N–H and O–H groups in total. The van der Waals surface area contributed by atoms with E-state index in [0.717, 1.165) is 41.8 Å². The molecule has 2 aromatic rings. The molecule has 0 aromatic heterocycles. The van der Waals surface area contributed by atoms with E-state index in [0.29, 0.717) is 26.2 Å². The predicted octanol–water partition coefficient (Wildman–Crippen LogP) is 4.36. The van der Waals surface area contributed by atoms with Gasteiger partial charge in [0, 0.05) is 38.3 Å². The Morgan fingerprint density at radius 2 is 1.67 bits per heavy atom. The van der Waals surface area contributed by atoms with Crippen LogP contribution < -0.4 is 0 Å². The molecule has 0 spiro atoms. The minimum absolute atomic E-state index is 0.0458. The van der Waals surface area contributed by atoms with Crippen molar-refractivity contribution in [3.63, 3.8) is 0 Å². The van der Waals surface area contributed by atoms with Gasteiger partial charge in [-0.05, 0) is 42.7 Å². The highest BCUT2D eigenvalue weighted by atomic mass is 19.4. The van der Waals surface area contributed by atoms with Crippen molar-refractivity contribution in [2.45, 2.75) is 26.1 Å². The van der Waals surface area contributed by atoms with E-state index in [1.54, 1.807) is 0 Å². The molecular formula is C21H23F3N2O. The maximum absolute atomic E-state index is 12.8. The van der Waals surface area contributed by atoms with E-state index in [1.807, 2.05) is 36.1 Å². The van der Waals surface area contributed by atoms with Gasteiger partial charge in [0.1, 0.15) is 0 Å². The van der Waals surface area contributed by atoms with Crippen molar-refractivity contribution in [1.82, 2.24) is 9.80 Å². The van der Waals surface area contributed by atoms with Crippen LogP contribution in [0.2, 0.25) is 0 Å². The fraction of sp³-hybridized carbons (Fsp3) is 0.381. The summed E-state index contributed by atoms with van der Waals surface area (Å²) in [6, 6.07) is 12.9. The van der Waals surface area contributed by atoms with Crippen LogP contribution >= 0.6 is 0 Å². The van der Waals surface area contributed by atoms with Gasteiger partial charge >= 0.3 is 6.18 Å². The van der Waals surface area contributed by atoms with Gasteiger partial charge in [0.25, 0.3) is 5.91 Å². The van der Waals surface area contributed by atoms with Gasteiger partial charge in [-0.15, -0.1) is 0 Å². The summed E-state index contributed by atoms with van der Waals surface area (Å²) in [6.45, 7) is 5.36. The van der Waals surface area contributed by atoms with Gasteiger partial charge in [0.2, 0.25) is 0 Å². The number of aryl methyl sites for hydroxylation is 1. The van der Waals surface area contributed by atoms with Gasteiger partial charge in [-0.2, -0.15) is 13.2 Å². The zero-order valence-electron chi connectivity index (χ0n) is 15.3. The Hall–Kier alpha value is -2.34. The second kappa shape index (κ2) is 8.13.